The lowest BCUT2D eigenvalue weighted by Crippen LogP contribution is -2.28. The van der Waals surface area contributed by atoms with Gasteiger partial charge in [-0.2, -0.15) is 5.10 Å². The number of hydrogen-bond acceptors (Lipinski definition) is 6. The predicted octanol–water partition coefficient (Wildman–Crippen LogP) is 3.60. The number of nitrogens with one attached hydrogen (secondary N) is 1. The van der Waals surface area contributed by atoms with Crippen molar-refractivity contribution in [3.05, 3.63) is 101 Å². The third kappa shape index (κ3) is 4.55. The maximum absolute atomic E-state index is 12.7. The second kappa shape index (κ2) is 9.52. The molecule has 0 unspecified atom stereocenters. The van der Waals surface area contributed by atoms with E-state index in [9.17, 15) is 9.90 Å². The molecule has 1 atom stereocenters. The largest absolute Gasteiger partial charge is 0.503 e. The normalized spacial score (nSPS) is 11.9. The lowest BCUT2D eigenvalue weighted by molar-refractivity contribution is 0.0929. The minimum absolute atomic E-state index is 0.120. The highest BCUT2D eigenvalue weighted by Crippen LogP contribution is 2.31. The fraction of sp³-hybridized carbons (Fsp3) is 0.200. The van der Waals surface area contributed by atoms with E-state index in [2.05, 4.69) is 39.7 Å². The van der Waals surface area contributed by atoms with Crippen LogP contribution in [-0.2, 0) is 7.05 Å². The van der Waals surface area contributed by atoms with Gasteiger partial charge in [0.1, 0.15) is 5.82 Å². The van der Waals surface area contributed by atoms with Gasteiger partial charge >= 0.3 is 0 Å². The molecule has 4 aromatic rings. The van der Waals surface area contributed by atoms with Crippen molar-refractivity contribution in [3.63, 3.8) is 0 Å². The van der Waals surface area contributed by atoms with Crippen LogP contribution in [0.3, 0.4) is 0 Å². The van der Waals surface area contributed by atoms with Crippen LogP contribution in [0.15, 0.2) is 72.9 Å². The molecule has 1 amide bonds. The third-order valence-corrected chi connectivity index (χ3v) is 5.39. The van der Waals surface area contributed by atoms with E-state index in [4.69, 9.17) is 9.72 Å². The summed E-state index contributed by atoms with van der Waals surface area (Å²) in [5.41, 5.74) is 2.06. The van der Waals surface area contributed by atoms with Gasteiger partial charge in [0.05, 0.1) is 19.1 Å². The Morgan fingerprint density at radius 3 is 2.21 bits per heavy atom. The standard InChI is InChI=1S/C25H25N5O3/c1-16(27-25(32)21-22(31)19(33-3)14-15-26-21)23-28-24(30(2)29-23)20(17-10-6-4-7-11-17)18-12-8-5-9-13-18/h4-16,20,31H,1-3H3,(H,27,32)/t16-/m0/s1. The van der Waals surface area contributed by atoms with Crippen molar-refractivity contribution >= 4 is 5.91 Å². The first-order chi connectivity index (χ1) is 16.0. The monoisotopic (exact) mass is 443 g/mol. The molecular weight excluding hydrogens is 418 g/mol. The van der Waals surface area contributed by atoms with E-state index in [0.29, 0.717) is 5.82 Å². The quantitative estimate of drug-likeness (QED) is 0.453. The summed E-state index contributed by atoms with van der Waals surface area (Å²) in [6.45, 7) is 1.79. The summed E-state index contributed by atoms with van der Waals surface area (Å²) in [7, 11) is 3.25. The van der Waals surface area contributed by atoms with Crippen LogP contribution < -0.4 is 10.1 Å². The second-order valence-corrected chi connectivity index (χ2v) is 7.61. The van der Waals surface area contributed by atoms with Gasteiger partial charge in [0.2, 0.25) is 0 Å². The minimum Gasteiger partial charge on any atom is -0.503 e. The van der Waals surface area contributed by atoms with Crippen molar-refractivity contribution < 1.29 is 14.6 Å². The van der Waals surface area contributed by atoms with Crippen LogP contribution in [0.25, 0.3) is 0 Å². The molecule has 0 aliphatic carbocycles. The number of hydrogen-bond donors (Lipinski definition) is 2. The second-order valence-electron chi connectivity index (χ2n) is 7.61. The number of nitrogens with zero attached hydrogens (tertiary/aromatic N) is 4. The fourth-order valence-electron chi connectivity index (χ4n) is 3.73. The molecule has 2 heterocycles. The number of ether oxygens (including phenoxy) is 1. The van der Waals surface area contributed by atoms with Gasteiger partial charge in [0.25, 0.3) is 5.91 Å². The summed E-state index contributed by atoms with van der Waals surface area (Å²) in [6.07, 6.45) is 1.40. The molecular formula is C25H25N5O3. The van der Waals surface area contributed by atoms with Gasteiger partial charge in [-0.15, -0.1) is 0 Å². The Morgan fingerprint density at radius 1 is 1.03 bits per heavy atom. The molecule has 33 heavy (non-hydrogen) atoms. The predicted molar refractivity (Wildman–Crippen MR) is 123 cm³/mol. The summed E-state index contributed by atoms with van der Waals surface area (Å²) < 4.78 is 6.80. The van der Waals surface area contributed by atoms with E-state index < -0.39 is 11.9 Å². The van der Waals surface area contributed by atoms with Crippen molar-refractivity contribution in [1.82, 2.24) is 25.1 Å². The molecule has 168 valence electrons. The highest BCUT2D eigenvalue weighted by Gasteiger charge is 2.26. The van der Waals surface area contributed by atoms with E-state index in [1.54, 1.807) is 11.6 Å². The highest BCUT2D eigenvalue weighted by molar-refractivity contribution is 5.95. The van der Waals surface area contributed by atoms with Gasteiger partial charge in [-0.1, -0.05) is 60.7 Å². The summed E-state index contributed by atoms with van der Waals surface area (Å²) in [4.78, 5) is 21.5. The molecule has 0 saturated heterocycles. The van der Waals surface area contributed by atoms with Crippen molar-refractivity contribution in [3.8, 4) is 11.5 Å². The van der Waals surface area contributed by atoms with Crippen LogP contribution in [0.1, 0.15) is 52.1 Å². The molecule has 8 heteroatoms. The van der Waals surface area contributed by atoms with Crippen molar-refractivity contribution in [2.75, 3.05) is 7.11 Å². The van der Waals surface area contributed by atoms with Crippen LogP contribution in [0.5, 0.6) is 11.5 Å². The van der Waals surface area contributed by atoms with Crippen LogP contribution in [0, 0.1) is 0 Å². The zero-order valence-corrected chi connectivity index (χ0v) is 18.6. The first-order valence-corrected chi connectivity index (χ1v) is 10.5. The Labute approximate surface area is 191 Å². The summed E-state index contributed by atoms with van der Waals surface area (Å²) in [6, 6.07) is 21.2. The smallest absolute Gasteiger partial charge is 0.274 e. The van der Waals surface area contributed by atoms with Gasteiger partial charge < -0.3 is 15.2 Å². The number of aryl methyl sites for hydroxylation is 1. The fourth-order valence-corrected chi connectivity index (χ4v) is 3.73. The van der Waals surface area contributed by atoms with Crippen molar-refractivity contribution in [2.45, 2.75) is 18.9 Å². The van der Waals surface area contributed by atoms with Crippen LogP contribution in [0.4, 0.5) is 0 Å². The maximum atomic E-state index is 12.7. The number of carbonyl (C=O) groups is 1. The number of methoxy groups -OCH3 is 1. The topological polar surface area (TPSA) is 102 Å². The van der Waals surface area contributed by atoms with Crippen LogP contribution in [0.2, 0.25) is 0 Å². The molecule has 0 bridgehead atoms. The summed E-state index contributed by atoms with van der Waals surface area (Å²) in [5, 5.41) is 17.6. The van der Waals surface area contributed by atoms with Gasteiger partial charge in [0.15, 0.2) is 23.0 Å². The van der Waals surface area contributed by atoms with Crippen molar-refractivity contribution in [2.24, 2.45) is 7.05 Å². The first-order valence-electron chi connectivity index (χ1n) is 10.5. The SMILES string of the molecule is COc1ccnc(C(=O)N[C@@H](C)c2nc(C(c3ccccc3)c3ccccc3)n(C)n2)c1O. The zero-order chi connectivity index (χ0) is 23.4. The number of benzene rings is 2. The van der Waals surface area contributed by atoms with Crippen molar-refractivity contribution in [1.29, 1.82) is 0 Å². The third-order valence-electron chi connectivity index (χ3n) is 5.39. The first kappa shape index (κ1) is 22.0. The Kier molecular flexibility index (Phi) is 6.35. The van der Waals surface area contributed by atoms with Crippen LogP contribution >= 0.6 is 0 Å². The molecule has 0 aliphatic rings. The van der Waals surface area contributed by atoms with E-state index in [1.165, 1.54) is 19.4 Å². The van der Waals surface area contributed by atoms with E-state index in [1.807, 2.05) is 43.4 Å². The number of pyridine rings is 1. The number of aromatic nitrogens is 4. The summed E-state index contributed by atoms with van der Waals surface area (Å²) >= 11 is 0. The lowest BCUT2D eigenvalue weighted by Gasteiger charge is -2.17. The molecule has 2 aromatic heterocycles. The highest BCUT2D eigenvalue weighted by atomic mass is 16.5. The number of carbonyl (C=O) groups excluding carboxylic acids is 1. The van der Waals surface area contributed by atoms with Gasteiger partial charge in [-0.25, -0.2) is 9.97 Å². The Hall–Kier alpha value is -4.20. The van der Waals surface area contributed by atoms with E-state index in [0.717, 1.165) is 17.0 Å². The average molecular weight is 444 g/mol. The average Bonchev–Trinajstić information content (AvgIpc) is 3.22. The van der Waals surface area contributed by atoms with Crippen LogP contribution in [-0.4, -0.2) is 37.9 Å². The lowest BCUT2D eigenvalue weighted by atomic mass is 9.90. The zero-order valence-electron chi connectivity index (χ0n) is 18.6. The molecule has 0 saturated carbocycles. The molecule has 8 nitrogen and oxygen atoms in total. The molecule has 0 aliphatic heterocycles. The van der Waals surface area contributed by atoms with Gasteiger partial charge in [-0.3, -0.25) is 9.48 Å². The Balaban J connectivity index is 1.64. The Bertz CT molecular complexity index is 1200. The number of amides is 1. The van der Waals surface area contributed by atoms with E-state index >= 15 is 0 Å². The molecule has 0 spiro atoms. The Morgan fingerprint density at radius 2 is 1.64 bits per heavy atom. The van der Waals surface area contributed by atoms with E-state index in [-0.39, 0.29) is 23.1 Å². The molecule has 0 fully saturated rings. The molecule has 0 radical (unpaired) electrons. The molecule has 2 N–H and O–H groups in total. The summed E-state index contributed by atoms with van der Waals surface area (Å²) in [5.74, 6) is 0.411. The maximum Gasteiger partial charge on any atom is 0.274 e. The number of rotatable bonds is 7. The number of aromatic hydroxyl groups is 1. The minimum atomic E-state index is -0.546. The molecule has 2 aromatic carbocycles. The van der Waals surface area contributed by atoms with Gasteiger partial charge in [0, 0.05) is 19.3 Å². The molecule has 4 rings (SSSR count). The van der Waals surface area contributed by atoms with Gasteiger partial charge in [-0.05, 0) is 18.1 Å².